The van der Waals surface area contributed by atoms with E-state index < -0.39 is 5.60 Å². The third-order valence-electron chi connectivity index (χ3n) is 4.05. The largest absolute Gasteiger partial charge is 0.466 e. The molecule has 1 unspecified atom stereocenters. The van der Waals surface area contributed by atoms with Gasteiger partial charge in [-0.05, 0) is 36.4 Å². The number of hydrogen-bond donors (Lipinski definition) is 3. The summed E-state index contributed by atoms with van der Waals surface area (Å²) in [5.74, 6) is 0.427. The fourth-order valence-corrected chi connectivity index (χ4v) is 3.67. The first-order chi connectivity index (χ1) is 10.7. The van der Waals surface area contributed by atoms with Crippen molar-refractivity contribution in [2.75, 3.05) is 6.54 Å². The van der Waals surface area contributed by atoms with Crippen molar-refractivity contribution in [3.8, 4) is 0 Å². The van der Waals surface area contributed by atoms with Crippen molar-refractivity contribution >= 4 is 17.4 Å². The Hall–Kier alpha value is -1.79. The first-order valence-corrected chi connectivity index (χ1v) is 8.41. The second-order valence-corrected chi connectivity index (χ2v) is 6.57. The van der Waals surface area contributed by atoms with Gasteiger partial charge in [-0.15, -0.1) is 11.3 Å². The Morgan fingerprint density at radius 2 is 2.18 bits per heavy atom. The monoisotopic (exact) mass is 320 g/mol. The van der Waals surface area contributed by atoms with Crippen LogP contribution in [0.5, 0.6) is 0 Å². The molecule has 1 saturated carbocycles. The van der Waals surface area contributed by atoms with Gasteiger partial charge in [0.05, 0.1) is 12.8 Å². The van der Waals surface area contributed by atoms with Gasteiger partial charge in [0, 0.05) is 10.9 Å². The average molecular weight is 320 g/mol. The Balaban J connectivity index is 1.67. The summed E-state index contributed by atoms with van der Waals surface area (Å²) in [7, 11) is 0. The molecule has 3 rings (SSSR count). The van der Waals surface area contributed by atoms with Crippen LogP contribution in [-0.2, 0) is 5.60 Å². The number of rotatable bonds is 5. The molecule has 0 radical (unpaired) electrons. The minimum atomic E-state index is -1.34. The van der Waals surface area contributed by atoms with Crippen molar-refractivity contribution in [2.45, 2.75) is 37.3 Å². The average Bonchev–Trinajstić information content (AvgIpc) is 3.26. The van der Waals surface area contributed by atoms with E-state index in [9.17, 15) is 9.90 Å². The van der Waals surface area contributed by atoms with Gasteiger partial charge in [-0.2, -0.15) is 0 Å². The van der Waals surface area contributed by atoms with E-state index in [1.807, 2.05) is 17.5 Å². The molecule has 0 aliphatic heterocycles. The molecule has 3 N–H and O–H groups in total. The van der Waals surface area contributed by atoms with Gasteiger partial charge in [0.15, 0.2) is 5.60 Å². The van der Waals surface area contributed by atoms with Crippen molar-refractivity contribution in [2.24, 2.45) is 0 Å². The second-order valence-electron chi connectivity index (χ2n) is 5.62. The van der Waals surface area contributed by atoms with Crippen LogP contribution in [0.25, 0.3) is 0 Å². The summed E-state index contributed by atoms with van der Waals surface area (Å²) in [4.78, 5) is 12.8. The topological polar surface area (TPSA) is 74.5 Å². The van der Waals surface area contributed by atoms with Crippen LogP contribution in [0.1, 0.15) is 36.3 Å². The molecule has 22 heavy (non-hydrogen) atoms. The third-order valence-corrected chi connectivity index (χ3v) is 5.07. The number of urea groups is 1. The summed E-state index contributed by atoms with van der Waals surface area (Å²) in [6, 6.07) is 7.16. The number of amides is 2. The zero-order chi connectivity index (χ0) is 15.4. The van der Waals surface area contributed by atoms with E-state index in [4.69, 9.17) is 4.42 Å². The SMILES string of the molecule is O=C(NCC(O)(c1ccco1)c1cccs1)NC1CCCC1. The predicted molar refractivity (Wildman–Crippen MR) is 84.8 cm³/mol. The van der Waals surface area contributed by atoms with E-state index in [-0.39, 0.29) is 18.6 Å². The zero-order valence-electron chi connectivity index (χ0n) is 12.2. The Kier molecular flexibility index (Phi) is 4.49. The Bertz CT molecular complexity index is 555. The van der Waals surface area contributed by atoms with Crippen LogP contribution in [0.3, 0.4) is 0 Å². The smallest absolute Gasteiger partial charge is 0.315 e. The Morgan fingerprint density at radius 3 is 2.82 bits per heavy atom. The van der Waals surface area contributed by atoms with Crippen molar-refractivity contribution in [1.82, 2.24) is 10.6 Å². The van der Waals surface area contributed by atoms with Crippen LogP contribution < -0.4 is 10.6 Å². The number of furan rings is 1. The fourth-order valence-electron chi connectivity index (χ4n) is 2.84. The highest BCUT2D eigenvalue weighted by molar-refractivity contribution is 7.10. The molecule has 1 aliphatic rings. The molecule has 118 valence electrons. The van der Waals surface area contributed by atoms with Gasteiger partial charge in [0.2, 0.25) is 0 Å². The molecule has 5 nitrogen and oxygen atoms in total. The van der Waals surface area contributed by atoms with Crippen LogP contribution in [0.4, 0.5) is 4.79 Å². The molecule has 1 aliphatic carbocycles. The van der Waals surface area contributed by atoms with Crippen molar-refractivity contribution < 1.29 is 14.3 Å². The molecule has 0 bridgehead atoms. The highest BCUT2D eigenvalue weighted by atomic mass is 32.1. The van der Waals surface area contributed by atoms with Gasteiger partial charge in [-0.25, -0.2) is 4.79 Å². The molecule has 0 saturated heterocycles. The Labute approximate surface area is 133 Å². The first-order valence-electron chi connectivity index (χ1n) is 7.53. The van der Waals surface area contributed by atoms with Crippen molar-refractivity contribution in [3.05, 3.63) is 46.5 Å². The number of carbonyl (C=O) groups excluding carboxylic acids is 1. The second kappa shape index (κ2) is 6.54. The van der Waals surface area contributed by atoms with Gasteiger partial charge < -0.3 is 20.2 Å². The van der Waals surface area contributed by atoms with Crippen molar-refractivity contribution in [1.29, 1.82) is 0 Å². The van der Waals surface area contributed by atoms with Crippen molar-refractivity contribution in [3.63, 3.8) is 0 Å². The van der Waals surface area contributed by atoms with E-state index in [1.165, 1.54) is 17.6 Å². The van der Waals surface area contributed by atoms with Gasteiger partial charge in [0.25, 0.3) is 0 Å². The molecular weight excluding hydrogens is 300 g/mol. The number of aliphatic hydroxyl groups is 1. The summed E-state index contributed by atoms with van der Waals surface area (Å²) >= 11 is 1.43. The highest BCUT2D eigenvalue weighted by Crippen LogP contribution is 2.32. The summed E-state index contributed by atoms with van der Waals surface area (Å²) < 4.78 is 5.37. The Morgan fingerprint density at radius 1 is 1.36 bits per heavy atom. The van der Waals surface area contributed by atoms with Gasteiger partial charge in [-0.3, -0.25) is 0 Å². The fraction of sp³-hybridized carbons (Fsp3) is 0.438. The maximum atomic E-state index is 12.0. The molecule has 2 amide bonds. The number of nitrogens with one attached hydrogen (secondary N) is 2. The summed E-state index contributed by atoms with van der Waals surface area (Å²) in [6.45, 7) is 0.0690. The molecule has 6 heteroatoms. The lowest BCUT2D eigenvalue weighted by atomic mass is 9.98. The van der Waals surface area contributed by atoms with E-state index in [0.717, 1.165) is 30.6 Å². The summed E-state index contributed by atoms with van der Waals surface area (Å²) in [5, 5.41) is 18.6. The van der Waals surface area contributed by atoms with Gasteiger partial charge in [-0.1, -0.05) is 18.9 Å². The summed E-state index contributed by atoms with van der Waals surface area (Å²) in [5.41, 5.74) is -1.34. The summed E-state index contributed by atoms with van der Waals surface area (Å²) in [6.07, 6.45) is 5.90. The molecular formula is C16H20N2O3S. The predicted octanol–water partition coefficient (Wildman–Crippen LogP) is 2.82. The maximum absolute atomic E-state index is 12.0. The van der Waals surface area contributed by atoms with E-state index in [0.29, 0.717) is 5.76 Å². The minimum absolute atomic E-state index is 0.0690. The number of hydrogen-bond acceptors (Lipinski definition) is 4. The lowest BCUT2D eigenvalue weighted by molar-refractivity contribution is 0.0622. The zero-order valence-corrected chi connectivity index (χ0v) is 13.1. The quantitative estimate of drug-likeness (QED) is 0.793. The lowest BCUT2D eigenvalue weighted by Gasteiger charge is -2.25. The maximum Gasteiger partial charge on any atom is 0.315 e. The van der Waals surface area contributed by atoms with E-state index >= 15 is 0 Å². The normalized spacial score (nSPS) is 18.0. The highest BCUT2D eigenvalue weighted by Gasteiger charge is 2.36. The molecule has 1 atom stereocenters. The number of thiophene rings is 1. The molecule has 0 spiro atoms. The third kappa shape index (κ3) is 3.18. The molecule has 2 aromatic heterocycles. The standard InChI is InChI=1S/C16H20N2O3S/c19-15(18-12-5-1-2-6-12)17-11-16(20,13-7-3-9-21-13)14-8-4-10-22-14/h3-4,7-10,12,20H,1-2,5-6,11H2,(H2,17,18,19). The van der Waals surface area contributed by atoms with Crippen LogP contribution in [0.15, 0.2) is 40.3 Å². The molecule has 0 aromatic carbocycles. The minimum Gasteiger partial charge on any atom is -0.466 e. The van der Waals surface area contributed by atoms with E-state index in [1.54, 1.807) is 12.1 Å². The van der Waals surface area contributed by atoms with Gasteiger partial charge >= 0.3 is 6.03 Å². The van der Waals surface area contributed by atoms with Crippen LogP contribution in [-0.4, -0.2) is 23.7 Å². The van der Waals surface area contributed by atoms with Gasteiger partial charge in [0.1, 0.15) is 5.76 Å². The van der Waals surface area contributed by atoms with E-state index in [2.05, 4.69) is 10.6 Å². The first kappa shape index (κ1) is 15.1. The molecule has 2 heterocycles. The molecule has 2 aromatic rings. The van der Waals surface area contributed by atoms with Crippen LogP contribution in [0.2, 0.25) is 0 Å². The lowest BCUT2D eigenvalue weighted by Crippen LogP contribution is -2.47. The number of carbonyl (C=O) groups is 1. The molecule has 1 fully saturated rings. The van der Waals surface area contributed by atoms with Crippen LogP contribution in [0, 0.1) is 0 Å². The van der Waals surface area contributed by atoms with Crippen LogP contribution >= 0.6 is 11.3 Å².